The van der Waals surface area contributed by atoms with Crippen molar-refractivity contribution in [3.8, 4) is 5.75 Å². The number of aliphatic hydroxyl groups excluding tert-OH is 1. The fourth-order valence-corrected chi connectivity index (χ4v) is 8.05. The lowest BCUT2D eigenvalue weighted by atomic mass is 9.56. The first kappa shape index (κ1) is 27.9. The maximum atomic E-state index is 14.3. The van der Waals surface area contributed by atoms with Crippen LogP contribution in [0.4, 0.5) is 10.1 Å². The van der Waals surface area contributed by atoms with Crippen LogP contribution < -0.4 is 9.64 Å². The molecule has 2 aliphatic heterocycles. The number of halogens is 3. The molecule has 3 fully saturated rings. The maximum Gasteiger partial charge on any atom is 0.258 e. The summed E-state index contributed by atoms with van der Waals surface area (Å²) in [4.78, 5) is 53.3. The van der Waals surface area contributed by atoms with Gasteiger partial charge in [-0.15, -0.1) is 23.2 Å². The van der Waals surface area contributed by atoms with Gasteiger partial charge in [0.05, 0.1) is 24.1 Å². The zero-order valence-corrected chi connectivity index (χ0v) is 23.6. The number of hydrogen-bond donors (Lipinski definition) is 1. The normalized spacial score (nSPS) is 32.6. The second kappa shape index (κ2) is 9.93. The average Bonchev–Trinajstić information content (AvgIpc) is 3.30. The van der Waals surface area contributed by atoms with E-state index in [1.54, 1.807) is 31.2 Å². The number of amides is 4. The van der Waals surface area contributed by atoms with E-state index < -0.39 is 51.1 Å². The van der Waals surface area contributed by atoms with Gasteiger partial charge in [0, 0.05) is 18.0 Å². The fraction of sp³-hybridized carbons (Fsp3) is 0.400. The molecule has 6 rings (SSSR count). The SMILES string of the molecule is CCN1C(=O)[C@H]2[C@H](CC=C3[C@H]2C[C@@]2(Cl)C(=O)N(c4ccc(F)cc4)C(=O)[C@@]2(Cl)[C@H]3c2ccccc2OCCO)C1=O. The fourth-order valence-electron chi connectivity index (χ4n) is 7.13. The van der Waals surface area contributed by atoms with Crippen LogP contribution in [0.5, 0.6) is 5.75 Å². The number of para-hydroxylation sites is 1. The van der Waals surface area contributed by atoms with Gasteiger partial charge in [-0.05, 0) is 56.0 Å². The van der Waals surface area contributed by atoms with Crippen molar-refractivity contribution in [2.75, 3.05) is 24.7 Å². The third kappa shape index (κ3) is 3.75. The topological polar surface area (TPSA) is 104 Å². The summed E-state index contributed by atoms with van der Waals surface area (Å²) in [5.74, 6) is -5.44. The summed E-state index contributed by atoms with van der Waals surface area (Å²) < 4.78 is 19.6. The van der Waals surface area contributed by atoms with E-state index in [-0.39, 0.29) is 50.1 Å². The van der Waals surface area contributed by atoms with Gasteiger partial charge in [0.2, 0.25) is 11.8 Å². The van der Waals surface area contributed by atoms with E-state index in [2.05, 4.69) is 0 Å². The average molecular weight is 601 g/mol. The molecule has 0 radical (unpaired) electrons. The van der Waals surface area contributed by atoms with Crippen LogP contribution in [0, 0.1) is 23.6 Å². The van der Waals surface area contributed by atoms with Crippen LogP contribution in [0.3, 0.4) is 0 Å². The molecule has 2 aromatic carbocycles. The molecule has 2 saturated heterocycles. The highest BCUT2D eigenvalue weighted by Crippen LogP contribution is 2.66. The molecule has 6 atom stereocenters. The lowest BCUT2D eigenvalue weighted by Crippen LogP contribution is -2.60. The minimum Gasteiger partial charge on any atom is -0.491 e. The number of carbonyl (C=O) groups excluding carboxylic acids is 4. The summed E-state index contributed by atoms with van der Waals surface area (Å²) in [7, 11) is 0. The molecule has 214 valence electrons. The number of aliphatic hydroxyl groups is 1. The van der Waals surface area contributed by atoms with Gasteiger partial charge in [-0.25, -0.2) is 9.29 Å². The predicted molar refractivity (Wildman–Crippen MR) is 148 cm³/mol. The summed E-state index contributed by atoms with van der Waals surface area (Å²) in [6.45, 7) is 1.64. The number of ether oxygens (including phenoxy) is 1. The van der Waals surface area contributed by atoms with E-state index in [4.69, 9.17) is 27.9 Å². The number of anilines is 1. The molecule has 41 heavy (non-hydrogen) atoms. The minimum absolute atomic E-state index is 0.0365. The molecule has 4 amide bonds. The smallest absolute Gasteiger partial charge is 0.258 e. The number of nitrogens with zero attached hydrogens (tertiary/aromatic N) is 2. The van der Waals surface area contributed by atoms with Gasteiger partial charge in [0.15, 0.2) is 9.75 Å². The first-order valence-corrected chi connectivity index (χ1v) is 14.3. The zero-order chi connectivity index (χ0) is 29.3. The standard InChI is InChI=1S/C30H27Cl2FN2O6/c1-2-34-25(37)20-12-11-18-21(23(20)26(34)38)15-29(31)27(39)35(17-9-7-16(33)8-10-17)28(40)30(29,32)24(18)19-5-3-4-6-22(19)41-14-13-36/h3-11,20-21,23-24,36H,2,12-15H2,1H3/t20-,21+,23-,24+,29+,30-/m0/s1. The van der Waals surface area contributed by atoms with Crippen molar-refractivity contribution in [2.45, 2.75) is 35.4 Å². The summed E-state index contributed by atoms with van der Waals surface area (Å²) >= 11 is 14.7. The van der Waals surface area contributed by atoms with Crippen LogP contribution in [-0.2, 0) is 19.2 Å². The molecule has 0 bridgehead atoms. The van der Waals surface area contributed by atoms with Gasteiger partial charge < -0.3 is 9.84 Å². The highest BCUT2D eigenvalue weighted by Gasteiger charge is 2.76. The number of fused-ring (bicyclic) bond motifs is 4. The molecule has 0 spiro atoms. The maximum absolute atomic E-state index is 14.3. The van der Waals surface area contributed by atoms with Crippen LogP contribution in [0.25, 0.3) is 0 Å². The molecule has 2 aliphatic carbocycles. The molecule has 2 aromatic rings. The van der Waals surface area contributed by atoms with E-state index in [9.17, 15) is 28.7 Å². The Labute approximate surface area is 245 Å². The van der Waals surface area contributed by atoms with E-state index in [1.807, 2.05) is 6.08 Å². The van der Waals surface area contributed by atoms with Gasteiger partial charge >= 0.3 is 0 Å². The Hall–Kier alpha value is -3.27. The second-order valence-electron chi connectivity index (χ2n) is 10.8. The van der Waals surface area contributed by atoms with Gasteiger partial charge in [-0.3, -0.25) is 24.1 Å². The Balaban J connectivity index is 1.57. The van der Waals surface area contributed by atoms with Gasteiger partial charge in [0.1, 0.15) is 18.2 Å². The molecule has 2 heterocycles. The quantitative estimate of drug-likeness (QED) is 0.307. The molecule has 0 unspecified atom stereocenters. The Bertz CT molecular complexity index is 1500. The highest BCUT2D eigenvalue weighted by atomic mass is 35.5. The van der Waals surface area contributed by atoms with Crippen molar-refractivity contribution in [3.05, 3.63) is 71.6 Å². The molecule has 8 nitrogen and oxygen atoms in total. The summed E-state index contributed by atoms with van der Waals surface area (Å²) in [6, 6.07) is 11.7. The van der Waals surface area contributed by atoms with Crippen molar-refractivity contribution < 1.29 is 33.4 Å². The molecule has 11 heteroatoms. The van der Waals surface area contributed by atoms with Crippen LogP contribution >= 0.6 is 23.2 Å². The van der Waals surface area contributed by atoms with E-state index in [0.717, 1.165) is 17.0 Å². The van der Waals surface area contributed by atoms with Crippen LogP contribution in [-0.4, -0.2) is 63.1 Å². The van der Waals surface area contributed by atoms with Crippen LogP contribution in [0.2, 0.25) is 0 Å². The largest absolute Gasteiger partial charge is 0.491 e. The number of allylic oxidation sites excluding steroid dienone is 2. The molecular formula is C30H27Cl2FN2O6. The second-order valence-corrected chi connectivity index (χ2v) is 12.0. The lowest BCUT2D eigenvalue weighted by molar-refractivity contribution is -0.140. The third-order valence-corrected chi connectivity index (χ3v) is 10.3. The van der Waals surface area contributed by atoms with Crippen molar-refractivity contribution in [2.24, 2.45) is 17.8 Å². The van der Waals surface area contributed by atoms with E-state index in [0.29, 0.717) is 16.9 Å². The Morgan fingerprint density at radius 3 is 2.39 bits per heavy atom. The summed E-state index contributed by atoms with van der Waals surface area (Å²) in [6.07, 6.45) is 1.96. The minimum atomic E-state index is -2.05. The van der Waals surface area contributed by atoms with Gasteiger partial charge in [-0.2, -0.15) is 0 Å². The number of likely N-dealkylation sites (tertiary alicyclic amines) is 1. The number of carbonyl (C=O) groups is 4. The Morgan fingerprint density at radius 2 is 1.71 bits per heavy atom. The van der Waals surface area contributed by atoms with Crippen molar-refractivity contribution in [1.82, 2.24) is 4.90 Å². The molecule has 1 saturated carbocycles. The van der Waals surface area contributed by atoms with Gasteiger partial charge in [0.25, 0.3) is 11.8 Å². The third-order valence-electron chi connectivity index (χ3n) is 8.88. The van der Waals surface area contributed by atoms with E-state index >= 15 is 0 Å². The molecule has 4 aliphatic rings. The lowest BCUT2D eigenvalue weighted by Gasteiger charge is -2.51. The number of alkyl halides is 2. The Morgan fingerprint density at radius 1 is 1.00 bits per heavy atom. The van der Waals surface area contributed by atoms with Crippen LogP contribution in [0.1, 0.15) is 31.2 Å². The first-order chi connectivity index (χ1) is 19.6. The molecule has 1 N–H and O–H groups in total. The number of benzene rings is 2. The van der Waals surface area contributed by atoms with Crippen molar-refractivity contribution in [3.63, 3.8) is 0 Å². The van der Waals surface area contributed by atoms with Gasteiger partial charge in [-0.1, -0.05) is 29.8 Å². The summed E-state index contributed by atoms with van der Waals surface area (Å²) in [5.41, 5.74) is 1.21. The summed E-state index contributed by atoms with van der Waals surface area (Å²) in [5, 5.41) is 9.43. The van der Waals surface area contributed by atoms with Crippen molar-refractivity contribution >= 4 is 52.5 Å². The molecule has 0 aromatic heterocycles. The zero-order valence-electron chi connectivity index (χ0n) is 22.1. The predicted octanol–water partition coefficient (Wildman–Crippen LogP) is 3.78. The van der Waals surface area contributed by atoms with E-state index in [1.165, 1.54) is 17.0 Å². The molecular weight excluding hydrogens is 574 g/mol. The number of hydrogen-bond acceptors (Lipinski definition) is 6. The monoisotopic (exact) mass is 600 g/mol. The highest BCUT2D eigenvalue weighted by molar-refractivity contribution is 6.58. The Kier molecular flexibility index (Phi) is 6.75. The van der Waals surface area contributed by atoms with Crippen LogP contribution in [0.15, 0.2) is 60.2 Å². The first-order valence-electron chi connectivity index (χ1n) is 13.5. The number of imide groups is 2. The number of rotatable bonds is 6. The van der Waals surface area contributed by atoms with Crippen molar-refractivity contribution in [1.29, 1.82) is 0 Å².